The lowest BCUT2D eigenvalue weighted by Crippen LogP contribution is -2.18. The van der Waals surface area contributed by atoms with Crippen LogP contribution in [0.15, 0.2) is 30.3 Å². The fourth-order valence-corrected chi connectivity index (χ4v) is 2.75. The first-order chi connectivity index (χ1) is 8.33. The molecule has 2 aromatic rings. The van der Waals surface area contributed by atoms with E-state index >= 15 is 0 Å². The largest absolute Gasteiger partial charge is 0.299 e. The number of halogens is 1. The van der Waals surface area contributed by atoms with Gasteiger partial charge in [0.2, 0.25) is 0 Å². The molecule has 3 heteroatoms. The third-order valence-electron chi connectivity index (χ3n) is 3.36. The van der Waals surface area contributed by atoms with Gasteiger partial charge in [0.1, 0.15) is 5.15 Å². The maximum Gasteiger partial charge on any atom is 0.130 e. The van der Waals surface area contributed by atoms with Crippen LogP contribution in [0.1, 0.15) is 18.4 Å². The maximum absolute atomic E-state index is 6.08. The van der Waals surface area contributed by atoms with Gasteiger partial charge in [-0.1, -0.05) is 29.8 Å². The van der Waals surface area contributed by atoms with E-state index in [4.69, 9.17) is 11.6 Å². The summed E-state index contributed by atoms with van der Waals surface area (Å²) in [5, 5.41) is 1.82. The van der Waals surface area contributed by atoms with Gasteiger partial charge in [-0.2, -0.15) is 0 Å². The third-order valence-corrected chi connectivity index (χ3v) is 3.56. The van der Waals surface area contributed by atoms with Crippen LogP contribution in [0, 0.1) is 0 Å². The van der Waals surface area contributed by atoms with Crippen LogP contribution in [0.3, 0.4) is 0 Å². The van der Waals surface area contributed by atoms with Crippen molar-refractivity contribution in [3.05, 3.63) is 41.0 Å². The number of aromatic nitrogens is 1. The molecule has 0 aliphatic carbocycles. The minimum atomic E-state index is 0.595. The highest BCUT2D eigenvalue weighted by Crippen LogP contribution is 2.23. The fourth-order valence-electron chi connectivity index (χ4n) is 2.52. The van der Waals surface area contributed by atoms with E-state index in [1.807, 2.05) is 18.2 Å². The summed E-state index contributed by atoms with van der Waals surface area (Å²) in [6, 6.07) is 10.2. The molecule has 17 heavy (non-hydrogen) atoms. The number of nitrogens with zero attached hydrogens (tertiary/aromatic N) is 2. The summed E-state index contributed by atoms with van der Waals surface area (Å²) in [5.74, 6) is 0. The van der Waals surface area contributed by atoms with Gasteiger partial charge in [0.15, 0.2) is 0 Å². The Morgan fingerprint density at radius 3 is 2.76 bits per heavy atom. The van der Waals surface area contributed by atoms with E-state index in [0.717, 1.165) is 12.1 Å². The summed E-state index contributed by atoms with van der Waals surface area (Å²) in [4.78, 5) is 6.84. The van der Waals surface area contributed by atoms with Gasteiger partial charge >= 0.3 is 0 Å². The molecule has 2 nitrogen and oxygen atoms in total. The molecule has 1 saturated heterocycles. The van der Waals surface area contributed by atoms with Gasteiger partial charge in [-0.05, 0) is 43.6 Å². The summed E-state index contributed by atoms with van der Waals surface area (Å²) in [6.45, 7) is 3.39. The Hall–Kier alpha value is -1.12. The zero-order valence-electron chi connectivity index (χ0n) is 9.69. The van der Waals surface area contributed by atoms with Crippen molar-refractivity contribution in [3.8, 4) is 0 Å². The molecule has 1 aromatic heterocycles. The summed E-state index contributed by atoms with van der Waals surface area (Å²) in [6.07, 6.45) is 2.63. The zero-order chi connectivity index (χ0) is 11.7. The van der Waals surface area contributed by atoms with Crippen LogP contribution < -0.4 is 0 Å². The minimum Gasteiger partial charge on any atom is -0.299 e. The maximum atomic E-state index is 6.08. The zero-order valence-corrected chi connectivity index (χ0v) is 10.5. The highest BCUT2D eigenvalue weighted by atomic mass is 35.5. The molecule has 2 heterocycles. The summed E-state index contributed by atoms with van der Waals surface area (Å²) in [5.41, 5.74) is 2.29. The van der Waals surface area contributed by atoms with Crippen molar-refractivity contribution < 1.29 is 0 Å². The lowest BCUT2D eigenvalue weighted by Gasteiger charge is -2.16. The molecule has 0 unspecified atom stereocenters. The van der Waals surface area contributed by atoms with Crippen LogP contribution in [-0.4, -0.2) is 23.0 Å². The molecule has 1 aliphatic rings. The van der Waals surface area contributed by atoms with Crippen molar-refractivity contribution in [3.63, 3.8) is 0 Å². The van der Waals surface area contributed by atoms with Crippen molar-refractivity contribution in [1.29, 1.82) is 0 Å². The molecular formula is C14H15ClN2. The van der Waals surface area contributed by atoms with Gasteiger partial charge in [0.05, 0.1) is 5.52 Å². The van der Waals surface area contributed by atoms with E-state index in [1.54, 1.807) is 0 Å². The Bertz CT molecular complexity index is 533. The average Bonchev–Trinajstić information content (AvgIpc) is 2.81. The molecule has 1 aromatic carbocycles. The Morgan fingerprint density at radius 1 is 1.18 bits per heavy atom. The van der Waals surface area contributed by atoms with Crippen LogP contribution >= 0.6 is 11.6 Å². The molecule has 0 spiro atoms. The first-order valence-electron chi connectivity index (χ1n) is 6.09. The predicted octanol–water partition coefficient (Wildman–Crippen LogP) is 3.48. The average molecular weight is 247 g/mol. The molecule has 3 rings (SSSR count). The molecule has 0 N–H and O–H groups in total. The molecule has 0 saturated carbocycles. The Labute approximate surface area is 106 Å². The van der Waals surface area contributed by atoms with E-state index in [-0.39, 0.29) is 0 Å². The summed E-state index contributed by atoms with van der Waals surface area (Å²) < 4.78 is 0. The topological polar surface area (TPSA) is 16.1 Å². The van der Waals surface area contributed by atoms with E-state index in [0.29, 0.717) is 5.15 Å². The van der Waals surface area contributed by atoms with Crippen molar-refractivity contribution in [2.24, 2.45) is 0 Å². The highest BCUT2D eigenvalue weighted by Gasteiger charge is 2.13. The summed E-state index contributed by atoms with van der Waals surface area (Å²) >= 11 is 6.08. The number of para-hydroxylation sites is 1. The smallest absolute Gasteiger partial charge is 0.130 e. The van der Waals surface area contributed by atoms with Gasteiger partial charge < -0.3 is 0 Å². The quantitative estimate of drug-likeness (QED) is 0.755. The molecule has 0 amide bonds. The van der Waals surface area contributed by atoms with E-state index in [1.165, 1.54) is 36.9 Å². The van der Waals surface area contributed by atoms with Crippen LogP contribution in [-0.2, 0) is 6.54 Å². The van der Waals surface area contributed by atoms with Crippen LogP contribution in [0.4, 0.5) is 0 Å². The lowest BCUT2D eigenvalue weighted by atomic mass is 10.1. The van der Waals surface area contributed by atoms with E-state index in [9.17, 15) is 0 Å². The SMILES string of the molecule is Clc1cc(CN2CCCC2)c2ccccc2n1. The number of pyridine rings is 1. The van der Waals surface area contributed by atoms with Gasteiger partial charge in [-0.15, -0.1) is 0 Å². The first kappa shape index (κ1) is 11.0. The molecule has 88 valence electrons. The number of fused-ring (bicyclic) bond motifs is 1. The lowest BCUT2D eigenvalue weighted by molar-refractivity contribution is 0.332. The molecule has 1 aliphatic heterocycles. The number of likely N-dealkylation sites (tertiary alicyclic amines) is 1. The number of rotatable bonds is 2. The number of benzene rings is 1. The van der Waals surface area contributed by atoms with Crippen LogP contribution in [0.2, 0.25) is 5.15 Å². The van der Waals surface area contributed by atoms with Crippen LogP contribution in [0.25, 0.3) is 10.9 Å². The van der Waals surface area contributed by atoms with Crippen molar-refractivity contribution in [2.75, 3.05) is 13.1 Å². The normalized spacial score (nSPS) is 16.8. The monoisotopic (exact) mass is 246 g/mol. The Balaban J connectivity index is 2.01. The second-order valence-corrected chi connectivity index (χ2v) is 4.99. The van der Waals surface area contributed by atoms with Crippen molar-refractivity contribution in [1.82, 2.24) is 9.88 Å². The summed E-state index contributed by atoms with van der Waals surface area (Å²) in [7, 11) is 0. The number of hydrogen-bond acceptors (Lipinski definition) is 2. The molecule has 0 bridgehead atoms. The van der Waals surface area contributed by atoms with Gasteiger partial charge in [0.25, 0.3) is 0 Å². The minimum absolute atomic E-state index is 0.595. The third kappa shape index (κ3) is 2.28. The standard InChI is InChI=1S/C14H15ClN2/c15-14-9-11(10-17-7-3-4-8-17)12-5-1-2-6-13(12)16-14/h1-2,5-6,9H,3-4,7-8,10H2. The van der Waals surface area contributed by atoms with Gasteiger partial charge in [-0.25, -0.2) is 4.98 Å². The highest BCUT2D eigenvalue weighted by molar-refractivity contribution is 6.29. The second-order valence-electron chi connectivity index (χ2n) is 4.60. The van der Waals surface area contributed by atoms with Crippen molar-refractivity contribution >= 4 is 22.5 Å². The Kier molecular flexibility index (Phi) is 3.00. The van der Waals surface area contributed by atoms with E-state index < -0.39 is 0 Å². The molecule has 0 atom stereocenters. The first-order valence-corrected chi connectivity index (χ1v) is 6.47. The predicted molar refractivity (Wildman–Crippen MR) is 71.3 cm³/mol. The number of hydrogen-bond donors (Lipinski definition) is 0. The van der Waals surface area contributed by atoms with Gasteiger partial charge in [0, 0.05) is 11.9 Å². The molecule has 1 fully saturated rings. The fraction of sp³-hybridized carbons (Fsp3) is 0.357. The molecular weight excluding hydrogens is 232 g/mol. The Morgan fingerprint density at radius 2 is 1.94 bits per heavy atom. The van der Waals surface area contributed by atoms with Crippen molar-refractivity contribution in [2.45, 2.75) is 19.4 Å². The van der Waals surface area contributed by atoms with E-state index in [2.05, 4.69) is 22.0 Å². The van der Waals surface area contributed by atoms with Gasteiger partial charge in [-0.3, -0.25) is 4.90 Å². The van der Waals surface area contributed by atoms with Crippen LogP contribution in [0.5, 0.6) is 0 Å². The molecule has 0 radical (unpaired) electrons. The second kappa shape index (κ2) is 4.63.